The van der Waals surface area contributed by atoms with Crippen LogP contribution in [0.2, 0.25) is 5.02 Å². The topological polar surface area (TPSA) is 169 Å². The van der Waals surface area contributed by atoms with Gasteiger partial charge in [-0.1, -0.05) is 24.6 Å². The van der Waals surface area contributed by atoms with E-state index in [1.807, 2.05) is 0 Å². The van der Waals surface area contributed by atoms with E-state index in [-0.39, 0.29) is 33.3 Å². The number of aryl methyl sites for hydroxylation is 1. The van der Waals surface area contributed by atoms with Gasteiger partial charge in [-0.05, 0) is 43.2 Å². The van der Waals surface area contributed by atoms with Crippen LogP contribution < -0.4 is 10.6 Å². The summed E-state index contributed by atoms with van der Waals surface area (Å²) in [5, 5.41) is 24.9. The molecule has 3 rings (SSSR count). The molecule has 0 saturated heterocycles. The molecule has 1 heterocycles. The number of pyridine rings is 1. The molecule has 2 amide bonds. The van der Waals surface area contributed by atoms with Crippen molar-refractivity contribution in [2.75, 3.05) is 10.6 Å². The van der Waals surface area contributed by atoms with E-state index in [0.29, 0.717) is 5.56 Å². The summed E-state index contributed by atoms with van der Waals surface area (Å²) in [6.45, 7) is 3.17. The summed E-state index contributed by atoms with van der Waals surface area (Å²) in [7, 11) is -4.05. The number of phenolic OH excluding ortho intramolecular Hbond substituents is 1. The summed E-state index contributed by atoms with van der Waals surface area (Å²) in [4.78, 5) is 39.7. The molecular weight excluding hydrogens is 512 g/mol. The van der Waals surface area contributed by atoms with Crippen molar-refractivity contribution in [2.24, 2.45) is 0 Å². The molecule has 0 aliphatic rings. The Labute approximate surface area is 211 Å². The third-order valence-corrected chi connectivity index (χ3v) is 7.69. The molecule has 1 atom stereocenters. The van der Waals surface area contributed by atoms with Gasteiger partial charge in [-0.15, -0.1) is 0 Å². The van der Waals surface area contributed by atoms with Crippen molar-refractivity contribution in [3.8, 4) is 5.75 Å². The number of anilines is 2. The van der Waals surface area contributed by atoms with Crippen LogP contribution >= 0.6 is 11.6 Å². The Balaban J connectivity index is 1.84. The minimum Gasteiger partial charge on any atom is -0.506 e. The number of aromatic hydroxyl groups is 1. The molecule has 0 saturated carbocycles. The first-order chi connectivity index (χ1) is 16.9. The molecule has 0 aliphatic heterocycles. The van der Waals surface area contributed by atoms with E-state index in [4.69, 9.17) is 11.6 Å². The van der Waals surface area contributed by atoms with Crippen molar-refractivity contribution in [1.82, 2.24) is 4.98 Å². The van der Waals surface area contributed by atoms with E-state index in [1.165, 1.54) is 43.5 Å². The van der Waals surface area contributed by atoms with Crippen LogP contribution in [0, 0.1) is 17.0 Å². The zero-order chi connectivity index (χ0) is 26.6. The molecule has 0 fully saturated rings. The molecule has 36 heavy (non-hydrogen) atoms. The van der Waals surface area contributed by atoms with Gasteiger partial charge >= 0.3 is 0 Å². The van der Waals surface area contributed by atoms with Crippen LogP contribution in [0.4, 0.5) is 17.1 Å². The molecule has 1 aromatic heterocycles. The van der Waals surface area contributed by atoms with Gasteiger partial charge < -0.3 is 15.7 Å². The smallest absolute Gasteiger partial charge is 0.282 e. The fourth-order valence-corrected chi connectivity index (χ4v) is 5.17. The van der Waals surface area contributed by atoms with Crippen molar-refractivity contribution in [2.45, 2.75) is 30.4 Å². The van der Waals surface area contributed by atoms with Crippen LogP contribution in [0.15, 0.2) is 59.8 Å². The Hall–Kier alpha value is -4.03. The van der Waals surface area contributed by atoms with Gasteiger partial charge in [0, 0.05) is 24.5 Å². The molecule has 11 nitrogen and oxygen atoms in total. The molecule has 0 bridgehead atoms. The van der Waals surface area contributed by atoms with Crippen molar-refractivity contribution in [1.29, 1.82) is 0 Å². The van der Waals surface area contributed by atoms with E-state index in [9.17, 15) is 33.2 Å². The number of carbonyl (C=O) groups excluding carboxylic acids is 2. The monoisotopic (exact) mass is 532 g/mol. The van der Waals surface area contributed by atoms with E-state index in [2.05, 4.69) is 15.6 Å². The number of phenols is 1. The van der Waals surface area contributed by atoms with E-state index < -0.39 is 43.3 Å². The number of nitrogens with one attached hydrogen (secondary N) is 2. The second-order valence-corrected chi connectivity index (χ2v) is 10.2. The molecule has 0 spiro atoms. The molecule has 0 radical (unpaired) electrons. The number of aromatic nitrogens is 1. The highest BCUT2D eigenvalue weighted by molar-refractivity contribution is 7.92. The lowest BCUT2D eigenvalue weighted by molar-refractivity contribution is -0.385. The quantitative estimate of drug-likeness (QED) is 0.221. The number of nitro groups is 1. The third kappa shape index (κ3) is 5.61. The van der Waals surface area contributed by atoms with E-state index in [1.54, 1.807) is 6.92 Å². The number of hydrogen-bond donors (Lipinski definition) is 3. The highest BCUT2D eigenvalue weighted by Gasteiger charge is 2.33. The number of carbonyl (C=O) groups is 2. The zero-order valence-corrected chi connectivity index (χ0v) is 20.6. The third-order valence-electron chi connectivity index (χ3n) is 5.19. The van der Waals surface area contributed by atoms with Gasteiger partial charge in [-0.3, -0.25) is 24.7 Å². The maximum atomic E-state index is 12.9. The van der Waals surface area contributed by atoms with Crippen molar-refractivity contribution in [3.05, 3.63) is 81.1 Å². The minimum atomic E-state index is -4.05. The number of sulfone groups is 1. The highest BCUT2D eigenvalue weighted by atomic mass is 35.5. The number of nitrogens with zero attached hydrogens (tertiary/aromatic N) is 2. The van der Waals surface area contributed by atoms with Gasteiger partial charge in [0.2, 0.25) is 5.91 Å². The number of hydrogen-bond acceptors (Lipinski definition) is 8. The Morgan fingerprint density at radius 2 is 1.89 bits per heavy atom. The Morgan fingerprint density at radius 1 is 1.17 bits per heavy atom. The molecule has 2 aromatic carbocycles. The highest BCUT2D eigenvalue weighted by Crippen LogP contribution is 2.35. The summed E-state index contributed by atoms with van der Waals surface area (Å²) in [5.74, 6) is -2.26. The maximum Gasteiger partial charge on any atom is 0.282 e. The van der Waals surface area contributed by atoms with Crippen LogP contribution in [0.3, 0.4) is 0 Å². The SMILES string of the molecule is CCC(C(=O)Nc1cc(O)c(NC(=O)c2ccc(C)cc2[N+](=O)[O-])cc1Cl)S(=O)(=O)c1cccnc1. The molecule has 3 N–H and O–H groups in total. The number of benzene rings is 2. The fourth-order valence-electron chi connectivity index (χ4n) is 3.37. The molecule has 3 aromatic rings. The lowest BCUT2D eigenvalue weighted by Crippen LogP contribution is -2.34. The number of nitro benzene ring substituents is 1. The van der Waals surface area contributed by atoms with Gasteiger partial charge in [-0.2, -0.15) is 0 Å². The van der Waals surface area contributed by atoms with Gasteiger partial charge in [0.05, 0.1) is 26.2 Å². The van der Waals surface area contributed by atoms with Gasteiger partial charge in [-0.25, -0.2) is 8.42 Å². The van der Waals surface area contributed by atoms with Crippen LogP contribution in [0.1, 0.15) is 29.3 Å². The van der Waals surface area contributed by atoms with Crippen LogP contribution in [0.5, 0.6) is 5.75 Å². The average molecular weight is 533 g/mol. The number of rotatable bonds is 8. The first-order valence-electron chi connectivity index (χ1n) is 10.5. The van der Waals surface area contributed by atoms with E-state index in [0.717, 1.165) is 18.3 Å². The van der Waals surface area contributed by atoms with Gasteiger partial charge in [0.25, 0.3) is 11.6 Å². The normalized spacial score (nSPS) is 12.0. The van der Waals surface area contributed by atoms with Gasteiger partial charge in [0.15, 0.2) is 9.84 Å². The Morgan fingerprint density at radius 3 is 2.50 bits per heavy atom. The Kier molecular flexibility index (Phi) is 7.90. The first-order valence-corrected chi connectivity index (χ1v) is 12.4. The van der Waals surface area contributed by atoms with E-state index >= 15 is 0 Å². The first kappa shape index (κ1) is 26.6. The zero-order valence-electron chi connectivity index (χ0n) is 19.1. The Bertz CT molecular complexity index is 1450. The van der Waals surface area contributed by atoms with Crippen molar-refractivity contribution in [3.63, 3.8) is 0 Å². The van der Waals surface area contributed by atoms with Crippen LogP contribution in [-0.4, -0.2) is 40.5 Å². The number of amides is 2. The summed E-state index contributed by atoms with van der Waals surface area (Å²) in [5.41, 5.74) is -0.335. The second kappa shape index (κ2) is 10.7. The summed E-state index contributed by atoms with van der Waals surface area (Å²) >= 11 is 6.21. The predicted molar refractivity (Wildman–Crippen MR) is 133 cm³/mol. The predicted octanol–water partition coefficient (Wildman–Crippen LogP) is 4.10. The lowest BCUT2D eigenvalue weighted by atomic mass is 10.1. The molecule has 0 aliphatic carbocycles. The summed E-state index contributed by atoms with van der Waals surface area (Å²) in [6.07, 6.45) is 2.50. The van der Waals surface area contributed by atoms with Crippen LogP contribution in [0.25, 0.3) is 0 Å². The standard InChI is InChI=1S/C23H21ClN4O7S/c1-3-21(36(34,35)14-5-4-8-25-12-14)23(31)26-17-11-20(29)18(10-16(17)24)27-22(30)15-7-6-13(2)9-19(15)28(32)33/h4-12,21,29H,3H2,1-2H3,(H,26,31)(H,27,30). The van der Waals surface area contributed by atoms with Crippen LogP contribution in [-0.2, 0) is 14.6 Å². The fraction of sp³-hybridized carbons (Fsp3) is 0.174. The van der Waals surface area contributed by atoms with Crippen molar-refractivity contribution >= 4 is 50.3 Å². The maximum absolute atomic E-state index is 12.9. The number of halogens is 1. The molecule has 1 unspecified atom stereocenters. The molecule has 13 heteroatoms. The largest absolute Gasteiger partial charge is 0.506 e. The van der Waals surface area contributed by atoms with Gasteiger partial charge in [0.1, 0.15) is 16.6 Å². The average Bonchev–Trinajstić information content (AvgIpc) is 2.82. The summed E-state index contributed by atoms with van der Waals surface area (Å²) in [6, 6.07) is 8.96. The molecular formula is C23H21ClN4O7S. The second-order valence-electron chi connectivity index (χ2n) is 7.70. The molecule has 188 valence electrons. The van der Waals surface area contributed by atoms with Crippen molar-refractivity contribution < 1.29 is 28.0 Å². The summed E-state index contributed by atoms with van der Waals surface area (Å²) < 4.78 is 25.7. The minimum absolute atomic E-state index is 0.0455. The lowest BCUT2D eigenvalue weighted by Gasteiger charge is -2.17.